The molecule has 0 aromatic carbocycles. The highest BCUT2D eigenvalue weighted by Crippen LogP contribution is 2.24. The van der Waals surface area contributed by atoms with E-state index >= 15 is 0 Å². The second-order valence-corrected chi connectivity index (χ2v) is 5.81. The maximum Gasteiger partial charge on any atom is 0.265 e. The molecular weight excluding hydrogens is 294 g/mol. The Labute approximate surface area is 125 Å². The van der Waals surface area contributed by atoms with Crippen LogP contribution in [0.3, 0.4) is 0 Å². The molecule has 0 fully saturated rings. The largest absolute Gasteiger partial charge is 0.495 e. The molecule has 0 radical (unpaired) electrons. The molecule has 2 N–H and O–H groups in total. The van der Waals surface area contributed by atoms with Gasteiger partial charge in [0.15, 0.2) is 0 Å². The zero-order valence-electron chi connectivity index (χ0n) is 10.8. The minimum atomic E-state index is -0.151. The van der Waals surface area contributed by atoms with Gasteiger partial charge in [0.05, 0.1) is 18.5 Å². The van der Waals surface area contributed by atoms with Gasteiger partial charge in [0.2, 0.25) is 0 Å². The molecule has 0 saturated heterocycles. The Kier molecular flexibility index (Phi) is 5.18. The molecule has 0 atom stereocenters. The van der Waals surface area contributed by atoms with Crippen LogP contribution in [0.4, 0.5) is 0 Å². The van der Waals surface area contributed by atoms with E-state index in [1.54, 1.807) is 13.2 Å². The van der Waals surface area contributed by atoms with Gasteiger partial charge in [-0.2, -0.15) is 0 Å². The van der Waals surface area contributed by atoms with Gasteiger partial charge >= 0.3 is 0 Å². The summed E-state index contributed by atoms with van der Waals surface area (Å²) in [7, 11) is 1.55. The van der Waals surface area contributed by atoms with Gasteiger partial charge < -0.3 is 15.2 Å². The molecule has 104 valence electrons. The van der Waals surface area contributed by atoms with Crippen LogP contribution in [-0.2, 0) is 6.54 Å². The lowest BCUT2D eigenvalue weighted by molar-refractivity contribution is 0.0952. The van der Waals surface area contributed by atoms with Gasteiger partial charge in [-0.05, 0) is 23.6 Å². The van der Waals surface area contributed by atoms with Crippen molar-refractivity contribution >= 4 is 28.6 Å². The molecule has 0 spiro atoms. The van der Waals surface area contributed by atoms with E-state index in [1.807, 2.05) is 17.5 Å². The van der Waals surface area contributed by atoms with Crippen LogP contribution in [0.2, 0.25) is 0 Å². The zero-order valence-corrected chi connectivity index (χ0v) is 12.4. The van der Waals surface area contributed by atoms with Gasteiger partial charge in [0.1, 0.15) is 17.2 Å². The Balaban J connectivity index is 1.95. The number of aliphatic hydroxyl groups excluding tert-OH is 1. The highest BCUT2D eigenvalue weighted by molar-refractivity contribution is 7.13. The number of aliphatic hydroxyl groups is 1. The van der Waals surface area contributed by atoms with Gasteiger partial charge in [0.25, 0.3) is 5.91 Å². The molecule has 2 aromatic heterocycles. The number of amides is 1. The quantitative estimate of drug-likeness (QED) is 0.850. The zero-order chi connectivity index (χ0) is 14.4. The summed E-state index contributed by atoms with van der Waals surface area (Å²) < 4.78 is 5.12. The van der Waals surface area contributed by atoms with Crippen LogP contribution in [0.1, 0.15) is 19.4 Å². The predicted molar refractivity (Wildman–Crippen MR) is 80.3 cm³/mol. The molecule has 2 heterocycles. The fourth-order valence-corrected chi connectivity index (χ4v) is 3.13. The maximum atomic E-state index is 12.0. The summed E-state index contributed by atoms with van der Waals surface area (Å²) in [6, 6.07) is 5.56. The first-order chi connectivity index (χ1) is 9.74. The third-order valence-electron chi connectivity index (χ3n) is 2.43. The molecule has 20 heavy (non-hydrogen) atoms. The van der Waals surface area contributed by atoms with E-state index in [9.17, 15) is 4.79 Å². The monoisotopic (exact) mass is 307 g/mol. The molecule has 0 bridgehead atoms. The third-order valence-corrected chi connectivity index (χ3v) is 4.33. The number of thiophene rings is 2. The Bertz CT molecular complexity index is 649. The maximum absolute atomic E-state index is 12.0. The first-order valence-corrected chi connectivity index (χ1v) is 7.52. The Hall–Kier alpha value is -1.81. The number of carbonyl (C=O) groups is 1. The summed E-state index contributed by atoms with van der Waals surface area (Å²) >= 11 is 2.84. The van der Waals surface area contributed by atoms with E-state index in [4.69, 9.17) is 9.84 Å². The minimum absolute atomic E-state index is 0.145. The van der Waals surface area contributed by atoms with Crippen molar-refractivity contribution in [1.29, 1.82) is 0 Å². The molecule has 1 amide bonds. The van der Waals surface area contributed by atoms with Crippen LogP contribution >= 0.6 is 22.7 Å². The van der Waals surface area contributed by atoms with Crippen LogP contribution in [-0.4, -0.2) is 24.7 Å². The van der Waals surface area contributed by atoms with Crippen LogP contribution in [0.25, 0.3) is 0 Å². The Morgan fingerprint density at radius 3 is 3.05 bits per heavy atom. The number of nitrogens with one attached hydrogen (secondary N) is 1. The molecule has 0 saturated carbocycles. The molecule has 0 unspecified atom stereocenters. The number of hydrogen-bond acceptors (Lipinski definition) is 5. The molecule has 6 heteroatoms. The van der Waals surface area contributed by atoms with Crippen molar-refractivity contribution in [2.45, 2.75) is 6.54 Å². The minimum Gasteiger partial charge on any atom is -0.495 e. The van der Waals surface area contributed by atoms with Crippen molar-refractivity contribution in [1.82, 2.24) is 5.32 Å². The van der Waals surface area contributed by atoms with Gasteiger partial charge in [0, 0.05) is 4.88 Å². The van der Waals surface area contributed by atoms with Crippen LogP contribution in [0, 0.1) is 11.8 Å². The molecule has 4 nitrogen and oxygen atoms in total. The number of methoxy groups -OCH3 is 1. The fourth-order valence-electron chi connectivity index (χ4n) is 1.54. The molecular formula is C14H13NO3S2. The van der Waals surface area contributed by atoms with Crippen molar-refractivity contribution < 1.29 is 14.6 Å². The smallest absolute Gasteiger partial charge is 0.265 e. The summed E-state index contributed by atoms with van der Waals surface area (Å²) in [6.45, 7) is 0.299. The first kappa shape index (κ1) is 14.6. The van der Waals surface area contributed by atoms with E-state index in [0.717, 1.165) is 9.75 Å². The first-order valence-electron chi connectivity index (χ1n) is 5.82. The van der Waals surface area contributed by atoms with Crippen molar-refractivity contribution in [2.24, 2.45) is 0 Å². The number of carbonyl (C=O) groups excluding carboxylic acids is 1. The van der Waals surface area contributed by atoms with Crippen LogP contribution < -0.4 is 10.1 Å². The molecule has 0 aliphatic carbocycles. The number of rotatable bonds is 4. The van der Waals surface area contributed by atoms with Crippen molar-refractivity contribution in [3.8, 4) is 17.6 Å². The van der Waals surface area contributed by atoms with Gasteiger partial charge in [-0.3, -0.25) is 4.79 Å². The van der Waals surface area contributed by atoms with Crippen LogP contribution in [0.5, 0.6) is 5.75 Å². The van der Waals surface area contributed by atoms with Crippen molar-refractivity contribution in [2.75, 3.05) is 13.7 Å². The average molecular weight is 307 g/mol. The van der Waals surface area contributed by atoms with Crippen molar-refractivity contribution in [3.63, 3.8) is 0 Å². The number of ether oxygens (including phenoxy) is 1. The lowest BCUT2D eigenvalue weighted by Crippen LogP contribution is -2.21. The third kappa shape index (κ3) is 3.61. The second-order valence-electron chi connectivity index (χ2n) is 3.73. The normalized spacial score (nSPS) is 9.70. The summed E-state index contributed by atoms with van der Waals surface area (Å²) in [5, 5.41) is 13.3. The fraction of sp³-hybridized carbons (Fsp3) is 0.214. The van der Waals surface area contributed by atoms with E-state index in [-0.39, 0.29) is 12.5 Å². The van der Waals surface area contributed by atoms with Gasteiger partial charge in [-0.25, -0.2) is 0 Å². The van der Waals surface area contributed by atoms with E-state index in [0.29, 0.717) is 17.2 Å². The number of hydrogen-bond donors (Lipinski definition) is 2. The summed E-state index contributed by atoms with van der Waals surface area (Å²) in [5.74, 6) is 5.88. The molecule has 2 aromatic rings. The van der Waals surface area contributed by atoms with Gasteiger partial charge in [-0.15, -0.1) is 22.7 Å². The standard InChI is InChI=1S/C14H13NO3S2/c1-18-12-6-8-19-13(12)14(17)15-9-11-5-4-10(20-11)3-2-7-16/h4-6,8,16H,7,9H2,1H3,(H,15,17). The van der Waals surface area contributed by atoms with E-state index in [2.05, 4.69) is 17.2 Å². The van der Waals surface area contributed by atoms with Crippen LogP contribution in [0.15, 0.2) is 23.6 Å². The molecule has 2 rings (SSSR count). The second kappa shape index (κ2) is 7.10. The Morgan fingerprint density at radius 2 is 2.30 bits per heavy atom. The average Bonchev–Trinajstić information content (AvgIpc) is 3.11. The van der Waals surface area contributed by atoms with Gasteiger partial charge in [-0.1, -0.05) is 11.8 Å². The highest BCUT2D eigenvalue weighted by Gasteiger charge is 2.13. The highest BCUT2D eigenvalue weighted by atomic mass is 32.1. The summed E-state index contributed by atoms with van der Waals surface area (Å²) in [6.07, 6.45) is 0. The summed E-state index contributed by atoms with van der Waals surface area (Å²) in [5.41, 5.74) is 0. The lowest BCUT2D eigenvalue weighted by Gasteiger charge is -2.03. The van der Waals surface area contributed by atoms with E-state index < -0.39 is 0 Å². The molecule has 0 aliphatic rings. The topological polar surface area (TPSA) is 58.6 Å². The molecule has 0 aliphatic heterocycles. The predicted octanol–water partition coefficient (Wildman–Crippen LogP) is 2.09. The lowest BCUT2D eigenvalue weighted by atomic mass is 10.4. The van der Waals surface area contributed by atoms with E-state index in [1.165, 1.54) is 22.7 Å². The Morgan fingerprint density at radius 1 is 1.45 bits per heavy atom. The summed E-state index contributed by atoms with van der Waals surface area (Å²) in [4.78, 5) is 14.5. The van der Waals surface area contributed by atoms with Crippen molar-refractivity contribution in [3.05, 3.63) is 38.2 Å². The SMILES string of the molecule is COc1ccsc1C(=O)NCc1ccc(C#CCO)s1.